The third kappa shape index (κ3) is 3.37. The molecule has 0 bridgehead atoms. The monoisotopic (exact) mass is 340 g/mol. The van der Waals surface area contributed by atoms with E-state index in [4.69, 9.17) is 14.2 Å². The Kier molecular flexibility index (Phi) is 4.65. The molecule has 2 aliphatic heterocycles. The first-order valence-corrected chi connectivity index (χ1v) is 8.87. The molecule has 0 aliphatic carbocycles. The topological polar surface area (TPSA) is 43.0 Å². The van der Waals surface area contributed by atoms with Crippen LogP contribution in [-0.2, 0) is 11.2 Å². The molecule has 2 aromatic rings. The van der Waals surface area contributed by atoms with Crippen molar-refractivity contribution < 1.29 is 14.2 Å². The van der Waals surface area contributed by atoms with Crippen molar-refractivity contribution in [2.45, 2.75) is 12.8 Å². The highest BCUT2D eigenvalue weighted by Crippen LogP contribution is 2.40. The number of hydrogen-bond acceptors (Lipinski definition) is 5. The molecule has 0 spiro atoms. The summed E-state index contributed by atoms with van der Waals surface area (Å²) in [6.07, 6.45) is 2.03. The molecule has 132 valence electrons. The summed E-state index contributed by atoms with van der Waals surface area (Å²) in [6, 6.07) is 12.6. The van der Waals surface area contributed by atoms with E-state index in [1.165, 1.54) is 11.3 Å². The number of methoxy groups -OCH3 is 1. The summed E-state index contributed by atoms with van der Waals surface area (Å²) in [5.74, 6) is 1.69. The van der Waals surface area contributed by atoms with Crippen molar-refractivity contribution in [2.75, 3.05) is 50.2 Å². The number of nitrogens with zero attached hydrogens (tertiary/aromatic N) is 1. The highest BCUT2D eigenvalue weighted by atomic mass is 16.5. The van der Waals surface area contributed by atoms with Gasteiger partial charge in [0.25, 0.3) is 0 Å². The molecule has 2 aliphatic rings. The van der Waals surface area contributed by atoms with E-state index in [0.717, 1.165) is 68.6 Å². The molecule has 1 fully saturated rings. The lowest BCUT2D eigenvalue weighted by Gasteiger charge is -2.29. The van der Waals surface area contributed by atoms with Crippen LogP contribution in [0.25, 0.3) is 0 Å². The fraction of sp³-hybridized carbons (Fsp3) is 0.400. The van der Waals surface area contributed by atoms with Crippen molar-refractivity contribution in [1.29, 1.82) is 0 Å². The van der Waals surface area contributed by atoms with Crippen LogP contribution in [0, 0.1) is 0 Å². The van der Waals surface area contributed by atoms with Crippen molar-refractivity contribution in [3.63, 3.8) is 0 Å². The fourth-order valence-corrected chi connectivity index (χ4v) is 3.45. The van der Waals surface area contributed by atoms with E-state index in [-0.39, 0.29) is 0 Å². The Morgan fingerprint density at radius 1 is 1.00 bits per heavy atom. The van der Waals surface area contributed by atoms with Crippen molar-refractivity contribution in [3.05, 3.63) is 42.0 Å². The van der Waals surface area contributed by atoms with Gasteiger partial charge in [-0.05, 0) is 49.2 Å². The maximum atomic E-state index is 5.84. The van der Waals surface area contributed by atoms with Gasteiger partial charge in [-0.25, -0.2) is 0 Å². The molecule has 0 amide bonds. The SMILES string of the molecule is COc1ccc(Nc2ccc(N3CCOCC3)cc2)c2c1OCCC2. The summed E-state index contributed by atoms with van der Waals surface area (Å²) < 4.78 is 16.7. The molecular formula is C20H24N2O3. The number of benzene rings is 2. The van der Waals surface area contributed by atoms with Gasteiger partial charge in [-0.3, -0.25) is 0 Å². The maximum absolute atomic E-state index is 5.84. The Bertz CT molecular complexity index is 724. The number of rotatable bonds is 4. The Balaban J connectivity index is 1.54. The minimum atomic E-state index is 0.751. The third-order valence-corrected chi connectivity index (χ3v) is 4.78. The number of fused-ring (bicyclic) bond motifs is 1. The molecule has 1 N–H and O–H groups in total. The zero-order valence-electron chi connectivity index (χ0n) is 14.6. The van der Waals surface area contributed by atoms with E-state index in [1.807, 2.05) is 6.07 Å². The summed E-state index contributed by atoms with van der Waals surface area (Å²) >= 11 is 0. The number of morpholine rings is 1. The highest BCUT2D eigenvalue weighted by molar-refractivity contribution is 5.70. The molecule has 2 heterocycles. The van der Waals surface area contributed by atoms with Gasteiger partial charge >= 0.3 is 0 Å². The van der Waals surface area contributed by atoms with E-state index >= 15 is 0 Å². The van der Waals surface area contributed by atoms with Gasteiger partial charge in [-0.1, -0.05) is 0 Å². The molecule has 4 rings (SSSR count). The van der Waals surface area contributed by atoms with Gasteiger partial charge in [-0.2, -0.15) is 0 Å². The van der Waals surface area contributed by atoms with Crippen molar-refractivity contribution in [3.8, 4) is 11.5 Å². The van der Waals surface area contributed by atoms with Crippen LogP contribution in [0.3, 0.4) is 0 Å². The molecule has 5 heteroatoms. The summed E-state index contributed by atoms with van der Waals surface area (Å²) in [4.78, 5) is 2.36. The lowest BCUT2D eigenvalue weighted by Crippen LogP contribution is -2.36. The van der Waals surface area contributed by atoms with Crippen LogP contribution in [0.4, 0.5) is 17.1 Å². The fourth-order valence-electron chi connectivity index (χ4n) is 3.45. The van der Waals surface area contributed by atoms with E-state index in [9.17, 15) is 0 Å². The Labute approximate surface area is 148 Å². The van der Waals surface area contributed by atoms with Crippen LogP contribution in [-0.4, -0.2) is 40.0 Å². The van der Waals surface area contributed by atoms with E-state index in [2.05, 4.69) is 40.5 Å². The van der Waals surface area contributed by atoms with Gasteiger partial charge in [0.15, 0.2) is 11.5 Å². The summed E-state index contributed by atoms with van der Waals surface area (Å²) in [7, 11) is 1.69. The van der Waals surface area contributed by atoms with Gasteiger partial charge in [0.2, 0.25) is 0 Å². The minimum absolute atomic E-state index is 0.751. The number of ether oxygens (including phenoxy) is 3. The predicted molar refractivity (Wildman–Crippen MR) is 99.6 cm³/mol. The molecule has 2 aromatic carbocycles. The molecule has 25 heavy (non-hydrogen) atoms. The van der Waals surface area contributed by atoms with Crippen LogP contribution in [0.5, 0.6) is 11.5 Å². The summed E-state index contributed by atoms with van der Waals surface area (Å²) in [5, 5.41) is 3.53. The Hall–Kier alpha value is -2.40. The van der Waals surface area contributed by atoms with Gasteiger partial charge in [-0.15, -0.1) is 0 Å². The Morgan fingerprint density at radius 3 is 2.56 bits per heavy atom. The van der Waals surface area contributed by atoms with Crippen LogP contribution in [0.1, 0.15) is 12.0 Å². The van der Waals surface area contributed by atoms with Crippen LogP contribution in [0.2, 0.25) is 0 Å². The normalized spacial score (nSPS) is 16.8. The average molecular weight is 340 g/mol. The molecule has 1 saturated heterocycles. The number of anilines is 3. The molecule has 0 radical (unpaired) electrons. The molecule has 0 aromatic heterocycles. The molecule has 0 unspecified atom stereocenters. The summed E-state index contributed by atoms with van der Waals surface area (Å²) in [6.45, 7) is 4.27. The first kappa shape index (κ1) is 16.1. The zero-order chi connectivity index (χ0) is 17.1. The van der Waals surface area contributed by atoms with Crippen LogP contribution < -0.4 is 19.7 Å². The quantitative estimate of drug-likeness (QED) is 0.921. The minimum Gasteiger partial charge on any atom is -0.493 e. The maximum Gasteiger partial charge on any atom is 0.166 e. The van der Waals surface area contributed by atoms with Crippen LogP contribution >= 0.6 is 0 Å². The van der Waals surface area contributed by atoms with E-state index in [1.54, 1.807) is 7.11 Å². The molecule has 5 nitrogen and oxygen atoms in total. The number of hydrogen-bond donors (Lipinski definition) is 1. The van der Waals surface area contributed by atoms with Crippen molar-refractivity contribution >= 4 is 17.1 Å². The third-order valence-electron chi connectivity index (χ3n) is 4.78. The lowest BCUT2D eigenvalue weighted by molar-refractivity contribution is 0.122. The van der Waals surface area contributed by atoms with Crippen LogP contribution in [0.15, 0.2) is 36.4 Å². The van der Waals surface area contributed by atoms with Crippen molar-refractivity contribution in [2.24, 2.45) is 0 Å². The predicted octanol–water partition coefficient (Wildman–Crippen LogP) is 3.60. The second kappa shape index (κ2) is 7.23. The lowest BCUT2D eigenvalue weighted by atomic mass is 10.0. The second-order valence-corrected chi connectivity index (χ2v) is 6.35. The zero-order valence-corrected chi connectivity index (χ0v) is 14.6. The van der Waals surface area contributed by atoms with Gasteiger partial charge in [0.1, 0.15) is 0 Å². The number of nitrogens with one attached hydrogen (secondary N) is 1. The second-order valence-electron chi connectivity index (χ2n) is 6.35. The van der Waals surface area contributed by atoms with Gasteiger partial charge in [0, 0.05) is 35.7 Å². The van der Waals surface area contributed by atoms with Gasteiger partial charge < -0.3 is 24.4 Å². The van der Waals surface area contributed by atoms with E-state index < -0.39 is 0 Å². The molecule has 0 atom stereocenters. The highest BCUT2D eigenvalue weighted by Gasteiger charge is 2.19. The first-order valence-electron chi connectivity index (χ1n) is 8.87. The van der Waals surface area contributed by atoms with Crippen molar-refractivity contribution in [1.82, 2.24) is 0 Å². The van der Waals surface area contributed by atoms with E-state index in [0.29, 0.717) is 0 Å². The smallest absolute Gasteiger partial charge is 0.166 e. The Morgan fingerprint density at radius 2 is 1.80 bits per heavy atom. The standard InChI is InChI=1S/C20H24N2O3/c1-23-19-9-8-18(17-3-2-12-25-20(17)19)21-15-4-6-16(7-5-15)22-10-13-24-14-11-22/h4-9,21H,2-3,10-14H2,1H3. The largest absolute Gasteiger partial charge is 0.493 e. The summed E-state index contributed by atoms with van der Waals surface area (Å²) in [5.41, 5.74) is 4.61. The molecule has 0 saturated carbocycles. The molecular weight excluding hydrogens is 316 g/mol. The first-order chi connectivity index (χ1) is 12.3. The average Bonchev–Trinajstić information content (AvgIpc) is 2.69. The van der Waals surface area contributed by atoms with Gasteiger partial charge in [0.05, 0.1) is 26.9 Å².